The SMILES string of the molecule is COc1cccc(C(=O)NC2CCN(Cc3ccc4ccc(CNCCC(C)C)cc4c3)CC2)c1. The molecule has 35 heavy (non-hydrogen) atoms. The van der Waals surface area contributed by atoms with Gasteiger partial charge < -0.3 is 15.4 Å². The fourth-order valence-corrected chi connectivity index (χ4v) is 4.70. The van der Waals surface area contributed by atoms with Crippen LogP contribution in [0.1, 0.15) is 54.6 Å². The van der Waals surface area contributed by atoms with E-state index in [4.69, 9.17) is 4.74 Å². The van der Waals surface area contributed by atoms with Crippen molar-refractivity contribution in [3.05, 3.63) is 77.4 Å². The molecule has 0 saturated carbocycles. The number of carbonyl (C=O) groups is 1. The molecule has 3 aromatic rings. The van der Waals surface area contributed by atoms with Gasteiger partial charge in [0.2, 0.25) is 0 Å². The molecule has 1 aliphatic rings. The second-order valence-electron chi connectivity index (χ2n) is 10.1. The molecule has 1 fully saturated rings. The van der Waals surface area contributed by atoms with Gasteiger partial charge in [-0.15, -0.1) is 0 Å². The summed E-state index contributed by atoms with van der Waals surface area (Å²) in [5, 5.41) is 9.37. The number of nitrogens with one attached hydrogen (secondary N) is 2. The Bertz CT molecular complexity index is 1120. The molecule has 1 saturated heterocycles. The number of benzene rings is 3. The van der Waals surface area contributed by atoms with E-state index in [-0.39, 0.29) is 11.9 Å². The van der Waals surface area contributed by atoms with E-state index in [2.05, 4.69) is 65.8 Å². The first-order chi connectivity index (χ1) is 17.0. The Balaban J connectivity index is 1.28. The predicted octanol–water partition coefficient (Wildman–Crippen LogP) is 5.38. The van der Waals surface area contributed by atoms with Crippen LogP contribution >= 0.6 is 0 Å². The average Bonchev–Trinajstić information content (AvgIpc) is 2.87. The molecule has 5 heteroatoms. The van der Waals surface area contributed by atoms with Crippen molar-refractivity contribution >= 4 is 16.7 Å². The summed E-state index contributed by atoms with van der Waals surface area (Å²) in [4.78, 5) is 15.1. The van der Waals surface area contributed by atoms with Crippen LogP contribution in [0.3, 0.4) is 0 Å². The van der Waals surface area contributed by atoms with Crippen LogP contribution in [0.5, 0.6) is 5.75 Å². The standard InChI is InChI=1S/C30H39N3O2/c1-22(2)11-14-31-20-23-7-9-25-10-8-24(18-27(25)17-23)21-33-15-12-28(13-16-33)32-30(34)26-5-4-6-29(19-26)35-3/h4-10,17-19,22,28,31H,11-16,20-21H2,1-3H3,(H,32,34). The summed E-state index contributed by atoms with van der Waals surface area (Å²) < 4.78 is 5.24. The Kier molecular flexibility index (Phi) is 8.78. The molecule has 0 atom stereocenters. The lowest BCUT2D eigenvalue weighted by atomic mass is 10.0. The number of carbonyl (C=O) groups excluding carboxylic acids is 1. The third kappa shape index (κ3) is 7.30. The molecule has 4 rings (SSSR count). The highest BCUT2D eigenvalue weighted by Gasteiger charge is 2.21. The smallest absolute Gasteiger partial charge is 0.251 e. The van der Waals surface area contributed by atoms with E-state index in [0.717, 1.165) is 51.5 Å². The molecule has 1 amide bonds. The Morgan fingerprint density at radius 3 is 2.49 bits per heavy atom. The van der Waals surface area contributed by atoms with Crippen molar-refractivity contribution in [2.24, 2.45) is 5.92 Å². The van der Waals surface area contributed by atoms with Crippen LogP contribution in [-0.2, 0) is 13.1 Å². The second kappa shape index (κ2) is 12.2. The maximum atomic E-state index is 12.6. The van der Waals surface area contributed by atoms with Gasteiger partial charge in [0, 0.05) is 37.8 Å². The molecule has 0 aromatic heterocycles. The number of fused-ring (bicyclic) bond motifs is 1. The summed E-state index contributed by atoms with van der Waals surface area (Å²) in [6.45, 7) is 9.43. The molecule has 3 aromatic carbocycles. The van der Waals surface area contributed by atoms with Crippen LogP contribution in [0.25, 0.3) is 10.8 Å². The monoisotopic (exact) mass is 473 g/mol. The number of likely N-dealkylation sites (tertiary alicyclic amines) is 1. The maximum Gasteiger partial charge on any atom is 0.251 e. The number of amides is 1. The number of nitrogens with zero attached hydrogens (tertiary/aromatic N) is 1. The van der Waals surface area contributed by atoms with Crippen LogP contribution < -0.4 is 15.4 Å². The highest BCUT2D eigenvalue weighted by molar-refractivity contribution is 5.94. The number of rotatable bonds is 10. The van der Waals surface area contributed by atoms with Crippen molar-refractivity contribution in [2.75, 3.05) is 26.7 Å². The zero-order chi connectivity index (χ0) is 24.6. The minimum atomic E-state index is -0.0219. The quantitative estimate of drug-likeness (QED) is 0.388. The minimum absolute atomic E-state index is 0.0219. The first-order valence-electron chi connectivity index (χ1n) is 12.9. The number of methoxy groups -OCH3 is 1. The van der Waals surface area contributed by atoms with Gasteiger partial charge in [-0.25, -0.2) is 0 Å². The largest absolute Gasteiger partial charge is 0.497 e. The summed E-state index contributed by atoms with van der Waals surface area (Å²) in [5.41, 5.74) is 3.34. The van der Waals surface area contributed by atoms with Gasteiger partial charge in [0.25, 0.3) is 5.91 Å². The van der Waals surface area contributed by atoms with Gasteiger partial charge in [-0.2, -0.15) is 0 Å². The second-order valence-corrected chi connectivity index (χ2v) is 10.1. The minimum Gasteiger partial charge on any atom is -0.497 e. The first kappa shape index (κ1) is 25.2. The lowest BCUT2D eigenvalue weighted by molar-refractivity contribution is 0.0908. The first-order valence-corrected chi connectivity index (χ1v) is 12.9. The highest BCUT2D eigenvalue weighted by Crippen LogP contribution is 2.21. The van der Waals surface area contributed by atoms with Crippen LogP contribution in [0, 0.1) is 5.92 Å². The van der Waals surface area contributed by atoms with E-state index in [9.17, 15) is 4.79 Å². The lowest BCUT2D eigenvalue weighted by Crippen LogP contribution is -2.44. The van der Waals surface area contributed by atoms with E-state index in [1.807, 2.05) is 18.2 Å². The Labute approximate surface area is 209 Å². The molecule has 5 nitrogen and oxygen atoms in total. The Hall–Kier alpha value is -2.89. The lowest BCUT2D eigenvalue weighted by Gasteiger charge is -2.32. The molecular weight excluding hydrogens is 434 g/mol. The molecule has 0 bridgehead atoms. The van der Waals surface area contributed by atoms with Crippen LogP contribution in [0.15, 0.2) is 60.7 Å². The van der Waals surface area contributed by atoms with Gasteiger partial charge in [0.05, 0.1) is 7.11 Å². The van der Waals surface area contributed by atoms with Crippen LogP contribution in [0.4, 0.5) is 0 Å². The summed E-state index contributed by atoms with van der Waals surface area (Å²) in [7, 11) is 1.62. The van der Waals surface area contributed by atoms with Gasteiger partial charge in [-0.3, -0.25) is 9.69 Å². The zero-order valence-electron chi connectivity index (χ0n) is 21.3. The number of piperidine rings is 1. The summed E-state index contributed by atoms with van der Waals surface area (Å²) >= 11 is 0. The molecule has 1 heterocycles. The predicted molar refractivity (Wildman–Crippen MR) is 144 cm³/mol. The molecule has 0 aliphatic carbocycles. The van der Waals surface area contributed by atoms with E-state index in [1.54, 1.807) is 13.2 Å². The molecule has 0 radical (unpaired) electrons. The summed E-state index contributed by atoms with van der Waals surface area (Å²) in [6, 6.07) is 21.2. The van der Waals surface area contributed by atoms with Gasteiger partial charge in [0.1, 0.15) is 5.75 Å². The maximum absolute atomic E-state index is 12.6. The molecule has 0 unspecified atom stereocenters. The summed E-state index contributed by atoms with van der Waals surface area (Å²) in [5.74, 6) is 1.42. The van der Waals surface area contributed by atoms with E-state index in [0.29, 0.717) is 11.3 Å². The molecule has 186 valence electrons. The van der Waals surface area contributed by atoms with E-state index < -0.39 is 0 Å². The van der Waals surface area contributed by atoms with Gasteiger partial charge in [-0.1, -0.05) is 44.2 Å². The van der Waals surface area contributed by atoms with Gasteiger partial charge in [-0.05, 0) is 84.0 Å². The molecule has 0 spiro atoms. The van der Waals surface area contributed by atoms with Crippen molar-refractivity contribution in [3.8, 4) is 5.75 Å². The van der Waals surface area contributed by atoms with Crippen molar-refractivity contribution in [3.63, 3.8) is 0 Å². The van der Waals surface area contributed by atoms with Gasteiger partial charge in [0.15, 0.2) is 0 Å². The summed E-state index contributed by atoms with van der Waals surface area (Å²) in [6.07, 6.45) is 3.14. The van der Waals surface area contributed by atoms with Gasteiger partial charge >= 0.3 is 0 Å². The Morgan fingerprint density at radius 1 is 1.00 bits per heavy atom. The molecule has 1 aliphatic heterocycles. The van der Waals surface area contributed by atoms with Crippen LogP contribution in [-0.4, -0.2) is 43.6 Å². The third-order valence-corrected chi connectivity index (χ3v) is 6.86. The van der Waals surface area contributed by atoms with Crippen LogP contribution in [0.2, 0.25) is 0 Å². The number of ether oxygens (including phenoxy) is 1. The van der Waals surface area contributed by atoms with Crippen molar-refractivity contribution < 1.29 is 9.53 Å². The van der Waals surface area contributed by atoms with E-state index >= 15 is 0 Å². The number of hydrogen-bond acceptors (Lipinski definition) is 4. The number of hydrogen-bond donors (Lipinski definition) is 2. The fraction of sp³-hybridized carbons (Fsp3) is 0.433. The third-order valence-electron chi connectivity index (χ3n) is 6.86. The zero-order valence-corrected chi connectivity index (χ0v) is 21.3. The van der Waals surface area contributed by atoms with Crippen molar-refractivity contribution in [1.29, 1.82) is 0 Å². The normalized spacial score (nSPS) is 15.0. The molecular formula is C30H39N3O2. The highest BCUT2D eigenvalue weighted by atomic mass is 16.5. The van der Waals surface area contributed by atoms with Crippen molar-refractivity contribution in [2.45, 2.75) is 52.2 Å². The Morgan fingerprint density at radius 2 is 1.74 bits per heavy atom. The average molecular weight is 474 g/mol. The topological polar surface area (TPSA) is 53.6 Å². The fourth-order valence-electron chi connectivity index (χ4n) is 4.70. The van der Waals surface area contributed by atoms with E-state index in [1.165, 1.54) is 28.3 Å². The van der Waals surface area contributed by atoms with Crippen molar-refractivity contribution in [1.82, 2.24) is 15.5 Å². The molecule has 2 N–H and O–H groups in total.